The number of amides is 1. The lowest BCUT2D eigenvalue weighted by Gasteiger charge is -2.25. The van der Waals surface area contributed by atoms with E-state index in [1.807, 2.05) is 43.9 Å². The summed E-state index contributed by atoms with van der Waals surface area (Å²) in [4.78, 5) is 19.2. The van der Waals surface area contributed by atoms with Crippen LogP contribution in [0.3, 0.4) is 0 Å². The molecule has 2 aliphatic rings. The maximum atomic E-state index is 12.3. The Labute approximate surface area is 204 Å². The van der Waals surface area contributed by atoms with Crippen molar-refractivity contribution in [2.24, 2.45) is 0 Å². The minimum absolute atomic E-state index is 0.00147. The highest BCUT2D eigenvalue weighted by Gasteiger charge is 2.45. The van der Waals surface area contributed by atoms with E-state index >= 15 is 0 Å². The zero-order chi connectivity index (χ0) is 23.9. The summed E-state index contributed by atoms with van der Waals surface area (Å²) in [5.74, 6) is 1.56. The van der Waals surface area contributed by atoms with Crippen LogP contribution in [0.5, 0.6) is 5.75 Å². The van der Waals surface area contributed by atoms with Gasteiger partial charge in [0, 0.05) is 36.1 Å². The third-order valence-electron chi connectivity index (χ3n) is 6.99. The predicted octanol–water partition coefficient (Wildman–Crippen LogP) is 5.36. The summed E-state index contributed by atoms with van der Waals surface area (Å²) in [6, 6.07) is 14.3. The summed E-state index contributed by atoms with van der Waals surface area (Å²) in [6.45, 7) is 7.48. The second-order valence-corrected chi connectivity index (χ2v) is 10.2. The molecule has 6 nitrogen and oxygen atoms in total. The van der Waals surface area contributed by atoms with Crippen LogP contribution in [0.25, 0.3) is 22.0 Å². The first-order valence-corrected chi connectivity index (χ1v) is 12.7. The number of ether oxygens (including phenoxy) is 1. The van der Waals surface area contributed by atoms with Gasteiger partial charge in [0.2, 0.25) is 5.91 Å². The molecular formula is C27H28N4O2S. The number of nitriles is 1. The molecule has 7 heteroatoms. The Morgan fingerprint density at radius 2 is 2.15 bits per heavy atom. The average molecular weight is 473 g/mol. The van der Waals surface area contributed by atoms with Crippen molar-refractivity contribution in [1.82, 2.24) is 14.3 Å². The Morgan fingerprint density at radius 1 is 1.29 bits per heavy atom. The number of carbonyl (C=O) groups excluding carboxylic acids is 1. The monoisotopic (exact) mass is 472 g/mol. The summed E-state index contributed by atoms with van der Waals surface area (Å²) in [6.07, 6.45) is 3.63. The van der Waals surface area contributed by atoms with Crippen LogP contribution in [0.1, 0.15) is 56.7 Å². The van der Waals surface area contributed by atoms with Crippen molar-refractivity contribution < 1.29 is 9.53 Å². The van der Waals surface area contributed by atoms with Crippen molar-refractivity contribution in [3.63, 3.8) is 0 Å². The molecule has 0 saturated carbocycles. The molecule has 2 heterocycles. The Morgan fingerprint density at radius 3 is 2.91 bits per heavy atom. The van der Waals surface area contributed by atoms with E-state index < -0.39 is 0 Å². The van der Waals surface area contributed by atoms with E-state index in [-0.39, 0.29) is 17.4 Å². The zero-order valence-electron chi connectivity index (χ0n) is 19.8. The quantitative estimate of drug-likeness (QED) is 0.500. The van der Waals surface area contributed by atoms with Crippen LogP contribution in [0.4, 0.5) is 0 Å². The Bertz CT molecular complexity index is 1290. The fraction of sp³-hybridized carbons (Fsp3) is 0.407. The van der Waals surface area contributed by atoms with Gasteiger partial charge in [-0.2, -0.15) is 9.64 Å². The molecule has 1 aromatic heterocycles. The number of likely N-dealkylation sites (tertiary alicyclic amines) is 1. The minimum atomic E-state index is 0.00147. The molecule has 1 spiro atoms. The van der Waals surface area contributed by atoms with Crippen LogP contribution >= 0.6 is 11.5 Å². The van der Waals surface area contributed by atoms with Gasteiger partial charge >= 0.3 is 0 Å². The number of benzene rings is 2. The summed E-state index contributed by atoms with van der Waals surface area (Å²) >= 11 is 1.35. The van der Waals surface area contributed by atoms with E-state index in [0.717, 1.165) is 54.3 Å². The zero-order valence-corrected chi connectivity index (χ0v) is 20.6. The number of rotatable bonds is 5. The smallest absolute Gasteiger partial charge is 0.222 e. The van der Waals surface area contributed by atoms with Gasteiger partial charge in [0.1, 0.15) is 16.8 Å². The lowest BCUT2D eigenvalue weighted by molar-refractivity contribution is -0.130. The molecule has 34 heavy (non-hydrogen) atoms. The molecule has 1 atom stereocenters. The van der Waals surface area contributed by atoms with Crippen molar-refractivity contribution in [3.8, 4) is 33.8 Å². The SMILES string of the molecule is CCC(=O)N1CCC2(CCc3c(-c4nsc(-c5ccc(OC(C)C)c(C#N)c5)n4)cccc32)C1. The largest absolute Gasteiger partial charge is 0.490 e. The number of carbonyl (C=O) groups is 1. The Kier molecular flexibility index (Phi) is 5.86. The molecular weight excluding hydrogens is 444 g/mol. The lowest BCUT2D eigenvalue weighted by atomic mass is 9.81. The van der Waals surface area contributed by atoms with Gasteiger partial charge in [0.05, 0.1) is 11.7 Å². The second-order valence-electron chi connectivity index (χ2n) is 9.44. The van der Waals surface area contributed by atoms with Crippen LogP contribution < -0.4 is 4.74 Å². The third-order valence-corrected chi connectivity index (χ3v) is 7.75. The van der Waals surface area contributed by atoms with Crippen LogP contribution in [-0.4, -0.2) is 39.4 Å². The molecule has 5 rings (SSSR count). The molecule has 1 fully saturated rings. The van der Waals surface area contributed by atoms with Gasteiger partial charge < -0.3 is 9.64 Å². The molecule has 174 valence electrons. The van der Waals surface area contributed by atoms with Crippen molar-refractivity contribution in [1.29, 1.82) is 5.26 Å². The van der Waals surface area contributed by atoms with Crippen molar-refractivity contribution in [2.45, 2.75) is 58.0 Å². The van der Waals surface area contributed by atoms with E-state index in [1.54, 1.807) is 0 Å². The van der Waals surface area contributed by atoms with E-state index in [0.29, 0.717) is 17.7 Å². The highest BCUT2D eigenvalue weighted by molar-refractivity contribution is 7.09. The summed E-state index contributed by atoms with van der Waals surface area (Å²) in [5.41, 5.74) is 5.18. The lowest BCUT2D eigenvalue weighted by Crippen LogP contribution is -2.32. The van der Waals surface area contributed by atoms with Crippen LogP contribution in [0.15, 0.2) is 36.4 Å². The molecule has 0 bridgehead atoms. The number of aromatic nitrogens is 2. The highest BCUT2D eigenvalue weighted by atomic mass is 32.1. The molecule has 1 amide bonds. The molecule has 0 radical (unpaired) electrons. The molecule has 1 unspecified atom stereocenters. The normalized spacial score (nSPS) is 19.0. The van der Waals surface area contributed by atoms with Crippen molar-refractivity contribution in [2.75, 3.05) is 13.1 Å². The third kappa shape index (κ3) is 3.86. The minimum Gasteiger partial charge on any atom is -0.490 e. The first kappa shape index (κ1) is 22.5. The van der Waals surface area contributed by atoms with E-state index in [4.69, 9.17) is 9.72 Å². The van der Waals surface area contributed by atoms with E-state index in [1.165, 1.54) is 22.7 Å². The highest BCUT2D eigenvalue weighted by Crippen LogP contribution is 2.48. The van der Waals surface area contributed by atoms with Gasteiger partial charge in [-0.05, 0) is 74.0 Å². The predicted molar refractivity (Wildman–Crippen MR) is 133 cm³/mol. The topological polar surface area (TPSA) is 79.1 Å². The maximum absolute atomic E-state index is 12.3. The molecule has 3 aromatic rings. The van der Waals surface area contributed by atoms with Crippen LogP contribution in [0, 0.1) is 11.3 Å². The number of fused-ring (bicyclic) bond motifs is 2. The fourth-order valence-electron chi connectivity index (χ4n) is 5.35. The van der Waals surface area contributed by atoms with Crippen molar-refractivity contribution in [3.05, 3.63) is 53.1 Å². The first-order valence-electron chi connectivity index (χ1n) is 11.9. The molecule has 1 aliphatic carbocycles. The summed E-state index contributed by atoms with van der Waals surface area (Å²) in [5, 5.41) is 10.4. The molecule has 1 aliphatic heterocycles. The molecule has 1 saturated heterocycles. The molecule has 2 aromatic carbocycles. The first-order chi connectivity index (χ1) is 16.4. The van der Waals surface area contributed by atoms with Gasteiger partial charge in [0.15, 0.2) is 5.82 Å². The molecule has 0 N–H and O–H groups in total. The average Bonchev–Trinajstić information content (AvgIpc) is 3.58. The standard InChI is InChI=1S/C27H28N4O2S/c1-4-24(32)31-13-12-27(16-31)11-10-20-21(6-5-7-22(20)27)25-29-26(34-30-25)18-8-9-23(33-17(2)3)19(14-18)15-28/h5-9,14,17H,4,10-13,16H2,1-3H3. The maximum Gasteiger partial charge on any atom is 0.222 e. The Balaban J connectivity index is 1.45. The van der Waals surface area contributed by atoms with Gasteiger partial charge in [-0.3, -0.25) is 4.79 Å². The fourth-order valence-corrected chi connectivity index (χ4v) is 6.02. The van der Waals surface area contributed by atoms with E-state index in [9.17, 15) is 10.1 Å². The summed E-state index contributed by atoms with van der Waals surface area (Å²) < 4.78 is 10.4. The van der Waals surface area contributed by atoms with Gasteiger partial charge in [0.25, 0.3) is 0 Å². The summed E-state index contributed by atoms with van der Waals surface area (Å²) in [7, 11) is 0. The number of hydrogen-bond donors (Lipinski definition) is 0. The second kappa shape index (κ2) is 8.84. The number of hydrogen-bond acceptors (Lipinski definition) is 6. The van der Waals surface area contributed by atoms with Gasteiger partial charge in [-0.15, -0.1) is 0 Å². The number of nitrogens with zero attached hydrogens (tertiary/aromatic N) is 4. The van der Waals surface area contributed by atoms with Crippen LogP contribution in [-0.2, 0) is 16.6 Å². The van der Waals surface area contributed by atoms with Crippen molar-refractivity contribution >= 4 is 17.4 Å². The van der Waals surface area contributed by atoms with E-state index in [2.05, 4.69) is 28.6 Å². The van der Waals surface area contributed by atoms with Gasteiger partial charge in [-0.1, -0.05) is 25.1 Å². The van der Waals surface area contributed by atoms with Gasteiger partial charge in [-0.25, -0.2) is 4.98 Å². The Hall–Kier alpha value is -3.24. The van der Waals surface area contributed by atoms with Crippen LogP contribution in [0.2, 0.25) is 0 Å².